The van der Waals surface area contributed by atoms with Crippen molar-refractivity contribution in [2.75, 3.05) is 0 Å². The lowest BCUT2D eigenvalue weighted by atomic mass is 10.2. The standard InChI is InChI=1S/C17H15FN2OS/c1-2-20-15-6-4-3-5-14(15)16(21)19-17(20)22-11-12-7-9-13(18)10-8-12/h3-10H,2,11H2,1H3. The number of hydrogen-bond donors (Lipinski definition) is 0. The molecule has 0 atom stereocenters. The molecule has 0 aliphatic heterocycles. The van der Waals surface area contributed by atoms with Crippen molar-refractivity contribution in [2.24, 2.45) is 0 Å². The fraction of sp³-hybridized carbons (Fsp3) is 0.176. The summed E-state index contributed by atoms with van der Waals surface area (Å²) < 4.78 is 15.0. The maximum Gasteiger partial charge on any atom is 0.281 e. The number of rotatable bonds is 4. The van der Waals surface area contributed by atoms with Gasteiger partial charge in [-0.25, -0.2) is 4.39 Å². The SMILES string of the molecule is CCn1c(SCc2ccc(F)cc2)nc(=O)c2ccccc21. The van der Waals surface area contributed by atoms with E-state index in [2.05, 4.69) is 4.98 Å². The van der Waals surface area contributed by atoms with Gasteiger partial charge in [0.1, 0.15) is 5.82 Å². The zero-order chi connectivity index (χ0) is 15.5. The predicted octanol–water partition coefficient (Wildman–Crippen LogP) is 3.85. The molecule has 0 aliphatic carbocycles. The van der Waals surface area contributed by atoms with E-state index in [1.54, 1.807) is 18.2 Å². The van der Waals surface area contributed by atoms with E-state index >= 15 is 0 Å². The van der Waals surface area contributed by atoms with Gasteiger partial charge in [0.25, 0.3) is 5.56 Å². The molecule has 112 valence electrons. The van der Waals surface area contributed by atoms with Crippen LogP contribution >= 0.6 is 11.8 Å². The first-order chi connectivity index (χ1) is 10.7. The third-order valence-electron chi connectivity index (χ3n) is 3.45. The minimum atomic E-state index is -0.247. The molecule has 0 aliphatic rings. The molecular weight excluding hydrogens is 299 g/mol. The minimum Gasteiger partial charge on any atom is -0.320 e. The molecule has 1 aromatic heterocycles. The minimum absolute atomic E-state index is 0.207. The van der Waals surface area contributed by atoms with Crippen LogP contribution in [0.2, 0.25) is 0 Å². The summed E-state index contributed by atoms with van der Waals surface area (Å²) in [6.07, 6.45) is 0. The van der Waals surface area contributed by atoms with Crippen LogP contribution in [-0.2, 0) is 12.3 Å². The van der Waals surface area contributed by atoms with Crippen molar-refractivity contribution in [3.63, 3.8) is 0 Å². The van der Waals surface area contributed by atoms with E-state index < -0.39 is 0 Å². The van der Waals surface area contributed by atoms with Crippen molar-refractivity contribution in [1.29, 1.82) is 0 Å². The lowest BCUT2D eigenvalue weighted by molar-refractivity contribution is 0.627. The fourth-order valence-electron chi connectivity index (χ4n) is 2.34. The first-order valence-corrected chi connectivity index (χ1v) is 8.04. The first kappa shape index (κ1) is 14.8. The van der Waals surface area contributed by atoms with E-state index in [0.717, 1.165) is 17.6 Å². The summed E-state index contributed by atoms with van der Waals surface area (Å²) in [5, 5.41) is 1.33. The number of hydrogen-bond acceptors (Lipinski definition) is 3. The summed E-state index contributed by atoms with van der Waals surface area (Å²) in [5.41, 5.74) is 1.69. The monoisotopic (exact) mass is 314 g/mol. The molecule has 3 aromatic rings. The van der Waals surface area contributed by atoms with Crippen LogP contribution in [0.3, 0.4) is 0 Å². The van der Waals surface area contributed by atoms with Gasteiger partial charge in [0.05, 0.1) is 10.9 Å². The molecule has 1 heterocycles. The lowest BCUT2D eigenvalue weighted by Crippen LogP contribution is -2.15. The summed E-state index contributed by atoms with van der Waals surface area (Å²) in [4.78, 5) is 16.3. The van der Waals surface area contributed by atoms with Gasteiger partial charge in [0.15, 0.2) is 5.16 Å². The highest BCUT2D eigenvalue weighted by Crippen LogP contribution is 2.23. The summed E-state index contributed by atoms with van der Waals surface area (Å²) in [5.74, 6) is 0.397. The Hall–Kier alpha value is -2.14. The van der Waals surface area contributed by atoms with Gasteiger partial charge in [-0.3, -0.25) is 4.79 Å². The molecule has 0 unspecified atom stereocenters. The van der Waals surface area contributed by atoms with Crippen LogP contribution in [0.25, 0.3) is 10.9 Å². The van der Waals surface area contributed by atoms with E-state index in [1.807, 2.05) is 29.7 Å². The molecule has 0 spiro atoms. The third kappa shape index (κ3) is 2.90. The number of fused-ring (bicyclic) bond motifs is 1. The number of nitrogens with zero attached hydrogens (tertiary/aromatic N) is 2. The Balaban J connectivity index is 1.96. The summed E-state index contributed by atoms with van der Waals surface area (Å²) >= 11 is 1.49. The number of thioether (sulfide) groups is 1. The molecule has 0 N–H and O–H groups in total. The molecule has 0 bridgehead atoms. The van der Waals surface area contributed by atoms with E-state index in [-0.39, 0.29) is 11.4 Å². The van der Waals surface area contributed by atoms with Crippen molar-refractivity contribution in [1.82, 2.24) is 9.55 Å². The molecule has 2 aromatic carbocycles. The van der Waals surface area contributed by atoms with Crippen molar-refractivity contribution < 1.29 is 4.39 Å². The molecule has 0 radical (unpaired) electrons. The van der Waals surface area contributed by atoms with Crippen LogP contribution in [0.1, 0.15) is 12.5 Å². The van der Waals surface area contributed by atoms with Crippen LogP contribution in [0.15, 0.2) is 58.5 Å². The Morgan fingerprint density at radius 2 is 1.86 bits per heavy atom. The zero-order valence-electron chi connectivity index (χ0n) is 12.1. The Kier molecular flexibility index (Phi) is 4.24. The van der Waals surface area contributed by atoms with Crippen LogP contribution in [0.5, 0.6) is 0 Å². The average molecular weight is 314 g/mol. The Labute approximate surface area is 131 Å². The quantitative estimate of drug-likeness (QED) is 0.542. The van der Waals surface area contributed by atoms with Gasteiger partial charge in [-0.15, -0.1) is 0 Å². The largest absolute Gasteiger partial charge is 0.320 e. The Bertz CT molecular complexity index is 859. The number of benzene rings is 2. The smallest absolute Gasteiger partial charge is 0.281 e. The molecule has 0 saturated carbocycles. The molecule has 0 saturated heterocycles. The molecule has 5 heteroatoms. The predicted molar refractivity (Wildman–Crippen MR) is 87.6 cm³/mol. The van der Waals surface area contributed by atoms with Crippen LogP contribution in [0, 0.1) is 5.82 Å². The normalized spacial score (nSPS) is 11.0. The van der Waals surface area contributed by atoms with Crippen LogP contribution in [-0.4, -0.2) is 9.55 Å². The zero-order valence-corrected chi connectivity index (χ0v) is 12.9. The summed E-state index contributed by atoms with van der Waals surface area (Å²) in [7, 11) is 0. The number of aromatic nitrogens is 2. The maximum absolute atomic E-state index is 12.9. The second-order valence-electron chi connectivity index (χ2n) is 4.88. The van der Waals surface area contributed by atoms with Gasteiger partial charge in [-0.05, 0) is 36.8 Å². The van der Waals surface area contributed by atoms with E-state index in [9.17, 15) is 9.18 Å². The maximum atomic E-state index is 12.9. The molecule has 0 amide bonds. The van der Waals surface area contributed by atoms with E-state index in [4.69, 9.17) is 0 Å². The molecule has 3 rings (SSSR count). The van der Waals surface area contributed by atoms with Crippen LogP contribution < -0.4 is 5.56 Å². The summed E-state index contributed by atoms with van der Waals surface area (Å²) in [6, 6.07) is 13.9. The van der Waals surface area contributed by atoms with Crippen molar-refractivity contribution in [2.45, 2.75) is 24.4 Å². The highest BCUT2D eigenvalue weighted by molar-refractivity contribution is 7.98. The number of aryl methyl sites for hydroxylation is 1. The second-order valence-corrected chi connectivity index (χ2v) is 5.82. The van der Waals surface area contributed by atoms with E-state index in [1.165, 1.54) is 23.9 Å². The highest BCUT2D eigenvalue weighted by Gasteiger charge is 2.10. The first-order valence-electron chi connectivity index (χ1n) is 7.06. The van der Waals surface area contributed by atoms with Gasteiger partial charge in [0.2, 0.25) is 0 Å². The fourth-order valence-corrected chi connectivity index (χ4v) is 3.36. The molecule has 3 nitrogen and oxygen atoms in total. The Morgan fingerprint density at radius 1 is 1.14 bits per heavy atom. The Morgan fingerprint density at radius 3 is 2.59 bits per heavy atom. The second kappa shape index (κ2) is 6.32. The van der Waals surface area contributed by atoms with Gasteiger partial charge >= 0.3 is 0 Å². The average Bonchev–Trinajstić information content (AvgIpc) is 2.54. The van der Waals surface area contributed by atoms with Crippen molar-refractivity contribution in [3.8, 4) is 0 Å². The van der Waals surface area contributed by atoms with Crippen molar-refractivity contribution >= 4 is 22.7 Å². The van der Waals surface area contributed by atoms with Gasteiger partial charge < -0.3 is 4.57 Å². The van der Waals surface area contributed by atoms with E-state index in [0.29, 0.717) is 16.3 Å². The summed E-state index contributed by atoms with van der Waals surface area (Å²) in [6.45, 7) is 2.76. The highest BCUT2D eigenvalue weighted by atomic mass is 32.2. The molecule has 22 heavy (non-hydrogen) atoms. The van der Waals surface area contributed by atoms with Gasteiger partial charge in [-0.1, -0.05) is 36.0 Å². The van der Waals surface area contributed by atoms with Gasteiger partial charge in [-0.2, -0.15) is 4.98 Å². The molecular formula is C17H15FN2OS. The van der Waals surface area contributed by atoms with Crippen molar-refractivity contribution in [3.05, 3.63) is 70.3 Å². The van der Waals surface area contributed by atoms with Crippen LogP contribution in [0.4, 0.5) is 4.39 Å². The molecule has 0 fully saturated rings. The lowest BCUT2D eigenvalue weighted by Gasteiger charge is -2.13. The topological polar surface area (TPSA) is 34.9 Å². The number of para-hydroxylation sites is 1. The third-order valence-corrected chi connectivity index (χ3v) is 4.50. The number of halogens is 1. The van der Waals surface area contributed by atoms with Gasteiger partial charge in [0, 0.05) is 12.3 Å².